The summed E-state index contributed by atoms with van der Waals surface area (Å²) >= 11 is 9.22. The van der Waals surface area contributed by atoms with Gasteiger partial charge >= 0.3 is 5.69 Å². The van der Waals surface area contributed by atoms with E-state index in [0.717, 1.165) is 0 Å². The van der Waals surface area contributed by atoms with E-state index < -0.39 is 4.92 Å². The van der Waals surface area contributed by atoms with Crippen molar-refractivity contribution in [3.63, 3.8) is 0 Å². The molecule has 0 saturated carbocycles. The zero-order valence-corrected chi connectivity index (χ0v) is 13.1. The van der Waals surface area contributed by atoms with Crippen LogP contribution in [0.1, 0.15) is 15.9 Å². The second kappa shape index (κ2) is 6.24. The molecule has 0 bridgehead atoms. The quantitative estimate of drug-likeness (QED) is 0.435. The van der Waals surface area contributed by atoms with E-state index in [-0.39, 0.29) is 22.2 Å². The third kappa shape index (κ3) is 3.40. The van der Waals surface area contributed by atoms with Gasteiger partial charge in [0.05, 0.1) is 9.95 Å². The number of carbonyl (C=O) groups is 1. The normalized spacial score (nSPS) is 10.2. The smallest absolute Gasteiger partial charge is 0.312 e. The number of hydrogen-bond acceptors (Lipinski definition) is 4. The number of nitrogens with zero attached hydrogens (tertiary/aromatic N) is 1. The average molecular weight is 371 g/mol. The molecule has 2 aromatic carbocycles. The van der Waals surface area contributed by atoms with Crippen LogP contribution in [0.4, 0.5) is 5.69 Å². The number of carbonyl (C=O) groups excluding carboxylic acids is 1. The molecule has 0 aliphatic rings. The molecule has 0 fully saturated rings. The molecule has 0 amide bonds. The van der Waals surface area contributed by atoms with Crippen molar-refractivity contribution >= 4 is 39.5 Å². The number of rotatable bonds is 4. The van der Waals surface area contributed by atoms with Gasteiger partial charge in [-0.1, -0.05) is 27.5 Å². The Kier molecular flexibility index (Phi) is 4.59. The molecule has 0 saturated heterocycles. The zero-order chi connectivity index (χ0) is 15.6. The Hall–Kier alpha value is -1.92. The first-order valence-corrected chi connectivity index (χ1v) is 6.96. The van der Waals surface area contributed by atoms with Crippen LogP contribution in [-0.4, -0.2) is 11.2 Å². The number of aryl methyl sites for hydroxylation is 1. The summed E-state index contributed by atoms with van der Waals surface area (Å²) in [5.74, 6) is 0.361. The van der Waals surface area contributed by atoms with Crippen LogP contribution in [0.5, 0.6) is 11.5 Å². The van der Waals surface area contributed by atoms with Crippen LogP contribution < -0.4 is 4.74 Å². The predicted molar refractivity (Wildman–Crippen MR) is 82.4 cm³/mol. The van der Waals surface area contributed by atoms with E-state index in [9.17, 15) is 14.9 Å². The molecule has 0 N–H and O–H groups in total. The molecule has 0 aliphatic heterocycles. The van der Waals surface area contributed by atoms with Crippen molar-refractivity contribution in [2.24, 2.45) is 0 Å². The zero-order valence-electron chi connectivity index (χ0n) is 10.8. The molecule has 5 nitrogen and oxygen atoms in total. The molecule has 7 heteroatoms. The largest absolute Gasteiger partial charge is 0.448 e. The summed E-state index contributed by atoms with van der Waals surface area (Å²) < 4.78 is 6.16. The van der Waals surface area contributed by atoms with E-state index in [1.165, 1.54) is 24.3 Å². The number of ether oxygens (including phenoxy) is 1. The van der Waals surface area contributed by atoms with Crippen LogP contribution in [0.2, 0.25) is 5.02 Å². The van der Waals surface area contributed by atoms with Gasteiger partial charge in [0.1, 0.15) is 12.0 Å². The van der Waals surface area contributed by atoms with Crippen LogP contribution in [-0.2, 0) is 0 Å². The molecule has 0 aromatic heterocycles. The summed E-state index contributed by atoms with van der Waals surface area (Å²) in [4.78, 5) is 21.3. The van der Waals surface area contributed by atoms with Crippen LogP contribution in [0.15, 0.2) is 34.8 Å². The minimum absolute atomic E-state index is 0.115. The Balaban J connectivity index is 2.49. The molecule has 0 radical (unpaired) electrons. The lowest BCUT2D eigenvalue weighted by Gasteiger charge is -2.11. The van der Waals surface area contributed by atoms with Gasteiger partial charge in [0.15, 0.2) is 0 Å². The number of nitro groups is 1. The maximum atomic E-state index is 11.1. The lowest BCUT2D eigenvalue weighted by Crippen LogP contribution is -1.97. The van der Waals surface area contributed by atoms with E-state index in [0.29, 0.717) is 21.9 Å². The molecule has 0 atom stereocenters. The van der Waals surface area contributed by atoms with Crippen LogP contribution in [0.3, 0.4) is 0 Å². The van der Waals surface area contributed by atoms with Crippen molar-refractivity contribution < 1.29 is 14.5 Å². The fourth-order valence-corrected chi connectivity index (χ4v) is 2.55. The highest BCUT2D eigenvalue weighted by molar-refractivity contribution is 9.10. The summed E-state index contributed by atoms with van der Waals surface area (Å²) in [5.41, 5.74) is 0.818. The highest BCUT2D eigenvalue weighted by Crippen LogP contribution is 2.39. The molecular weight excluding hydrogens is 362 g/mol. The van der Waals surface area contributed by atoms with Gasteiger partial charge in [-0.25, -0.2) is 0 Å². The van der Waals surface area contributed by atoms with Gasteiger partial charge < -0.3 is 4.74 Å². The third-order valence-corrected chi connectivity index (χ3v) is 3.47. The molecule has 0 spiro atoms. The number of benzene rings is 2. The molecule has 0 unspecified atom stereocenters. The maximum absolute atomic E-state index is 11.1. The monoisotopic (exact) mass is 369 g/mol. The van der Waals surface area contributed by atoms with E-state index in [2.05, 4.69) is 15.9 Å². The van der Waals surface area contributed by atoms with E-state index in [1.54, 1.807) is 13.0 Å². The molecule has 2 rings (SSSR count). The Morgan fingerprint density at radius 1 is 1.33 bits per heavy atom. The van der Waals surface area contributed by atoms with Gasteiger partial charge in [0.2, 0.25) is 5.75 Å². The van der Waals surface area contributed by atoms with Gasteiger partial charge in [-0.15, -0.1) is 0 Å². The lowest BCUT2D eigenvalue weighted by atomic mass is 10.2. The highest BCUT2D eigenvalue weighted by atomic mass is 79.9. The molecule has 108 valence electrons. The summed E-state index contributed by atoms with van der Waals surface area (Å²) in [6.45, 7) is 1.70. The van der Waals surface area contributed by atoms with Gasteiger partial charge in [-0.2, -0.15) is 0 Å². The summed E-state index contributed by atoms with van der Waals surface area (Å²) in [7, 11) is 0. The summed E-state index contributed by atoms with van der Waals surface area (Å²) in [5, 5.41) is 11.3. The highest BCUT2D eigenvalue weighted by Gasteiger charge is 2.20. The molecule has 21 heavy (non-hydrogen) atoms. The molecule has 0 aliphatic carbocycles. The first kappa shape index (κ1) is 15.5. The second-order valence-corrected chi connectivity index (χ2v) is 5.56. The Labute approximate surface area is 133 Å². The lowest BCUT2D eigenvalue weighted by molar-refractivity contribution is -0.385. The fourth-order valence-electron chi connectivity index (χ4n) is 1.76. The average Bonchev–Trinajstić information content (AvgIpc) is 2.42. The number of nitro benzene ring substituents is 1. The van der Waals surface area contributed by atoms with Crippen LogP contribution in [0, 0.1) is 17.0 Å². The minimum atomic E-state index is -0.527. The third-order valence-electron chi connectivity index (χ3n) is 2.72. The maximum Gasteiger partial charge on any atom is 0.312 e. The van der Waals surface area contributed by atoms with Crippen molar-refractivity contribution in [2.45, 2.75) is 6.92 Å². The van der Waals surface area contributed by atoms with Gasteiger partial charge in [0.25, 0.3) is 0 Å². The summed E-state index contributed by atoms with van der Waals surface area (Å²) in [6.07, 6.45) is 0.656. The van der Waals surface area contributed by atoms with Crippen LogP contribution >= 0.6 is 27.5 Å². The molecule has 2 aromatic rings. The second-order valence-electron chi connectivity index (χ2n) is 4.24. The fraction of sp³-hybridized carbons (Fsp3) is 0.0714. The van der Waals surface area contributed by atoms with Gasteiger partial charge in [-0.3, -0.25) is 14.9 Å². The minimum Gasteiger partial charge on any atom is -0.448 e. The van der Waals surface area contributed by atoms with Crippen molar-refractivity contribution in [1.82, 2.24) is 0 Å². The van der Waals surface area contributed by atoms with Crippen molar-refractivity contribution in [3.8, 4) is 11.5 Å². The number of halogens is 2. The van der Waals surface area contributed by atoms with E-state index in [1.807, 2.05) is 0 Å². The van der Waals surface area contributed by atoms with Crippen LogP contribution in [0.25, 0.3) is 0 Å². The number of aldehydes is 1. The first-order chi connectivity index (χ1) is 9.92. The Morgan fingerprint density at radius 3 is 2.62 bits per heavy atom. The Bertz CT molecular complexity index is 733. The van der Waals surface area contributed by atoms with Crippen molar-refractivity contribution in [3.05, 3.63) is 61.1 Å². The topological polar surface area (TPSA) is 69.4 Å². The summed E-state index contributed by atoms with van der Waals surface area (Å²) in [6, 6.07) is 7.52. The predicted octanol–water partition coefficient (Wildman–Crippen LogP) is 4.92. The van der Waals surface area contributed by atoms with Gasteiger partial charge in [0, 0.05) is 16.1 Å². The molecule has 0 heterocycles. The van der Waals surface area contributed by atoms with E-state index >= 15 is 0 Å². The van der Waals surface area contributed by atoms with E-state index in [4.69, 9.17) is 16.3 Å². The van der Waals surface area contributed by atoms with Crippen molar-refractivity contribution in [1.29, 1.82) is 0 Å². The van der Waals surface area contributed by atoms with Gasteiger partial charge in [-0.05, 0) is 36.8 Å². The number of hydrogen-bond donors (Lipinski definition) is 0. The SMILES string of the molecule is Cc1cc(Br)cc([N+](=O)[O-])c1Oc1ccc(C=O)cc1Cl. The van der Waals surface area contributed by atoms with Crippen molar-refractivity contribution in [2.75, 3.05) is 0 Å². The molecular formula is C14H9BrClNO4. The first-order valence-electron chi connectivity index (χ1n) is 5.79. The standard InChI is InChI=1S/C14H9BrClNO4/c1-8-4-10(15)6-12(17(19)20)14(8)21-13-3-2-9(7-18)5-11(13)16/h2-7H,1H3. The Morgan fingerprint density at radius 2 is 2.05 bits per heavy atom.